The van der Waals surface area contributed by atoms with Gasteiger partial charge in [-0.3, -0.25) is 4.79 Å². The summed E-state index contributed by atoms with van der Waals surface area (Å²) < 4.78 is 2.53. The van der Waals surface area contributed by atoms with Crippen molar-refractivity contribution >= 4 is 44.4 Å². The lowest BCUT2D eigenvalue weighted by molar-refractivity contribution is -0.116. The summed E-state index contributed by atoms with van der Waals surface area (Å²) in [6.45, 7) is 2.10. The zero-order valence-electron chi connectivity index (χ0n) is 13.5. The van der Waals surface area contributed by atoms with Crippen LogP contribution in [0.2, 0.25) is 0 Å². The molecular weight excluding hydrogens is 384 g/mol. The second-order valence-electron chi connectivity index (χ2n) is 5.99. The SMILES string of the molecule is O=C(Cn1ncc2c(N3CCCC3)ncnc21)Nc1cccc(Br)c1. The third-order valence-electron chi connectivity index (χ3n) is 4.22. The zero-order valence-corrected chi connectivity index (χ0v) is 15.1. The van der Waals surface area contributed by atoms with Crippen LogP contribution in [0.15, 0.2) is 41.3 Å². The normalized spacial score (nSPS) is 14.2. The molecule has 2 aromatic heterocycles. The first-order valence-electron chi connectivity index (χ1n) is 8.17. The molecule has 128 valence electrons. The predicted octanol–water partition coefficient (Wildman–Crippen LogP) is 2.83. The van der Waals surface area contributed by atoms with Crippen molar-refractivity contribution in [2.75, 3.05) is 23.3 Å². The van der Waals surface area contributed by atoms with Crippen molar-refractivity contribution < 1.29 is 4.79 Å². The standard InChI is InChI=1S/C17H17BrN6O/c18-12-4-3-5-13(8-12)22-15(25)10-24-17-14(9-21-24)16(19-11-20-17)23-6-1-2-7-23/h3-5,8-9,11H,1-2,6-7,10H2,(H,22,25). The van der Waals surface area contributed by atoms with Crippen molar-refractivity contribution in [1.29, 1.82) is 0 Å². The lowest BCUT2D eigenvalue weighted by atomic mass is 10.3. The summed E-state index contributed by atoms with van der Waals surface area (Å²) in [6, 6.07) is 7.48. The minimum absolute atomic E-state index is 0.104. The van der Waals surface area contributed by atoms with Gasteiger partial charge in [0.1, 0.15) is 18.7 Å². The van der Waals surface area contributed by atoms with E-state index >= 15 is 0 Å². The Bertz CT molecular complexity index is 918. The number of nitrogens with zero attached hydrogens (tertiary/aromatic N) is 5. The average Bonchev–Trinajstić information content (AvgIpc) is 3.25. The second-order valence-corrected chi connectivity index (χ2v) is 6.91. The third kappa shape index (κ3) is 3.34. The maximum Gasteiger partial charge on any atom is 0.246 e. The smallest absolute Gasteiger partial charge is 0.246 e. The number of halogens is 1. The molecule has 1 saturated heterocycles. The lowest BCUT2D eigenvalue weighted by Crippen LogP contribution is -2.20. The van der Waals surface area contributed by atoms with E-state index in [1.54, 1.807) is 17.2 Å². The topological polar surface area (TPSA) is 75.9 Å². The fourth-order valence-electron chi connectivity index (χ4n) is 3.08. The highest BCUT2D eigenvalue weighted by atomic mass is 79.9. The Morgan fingerprint density at radius 1 is 1.24 bits per heavy atom. The molecule has 0 radical (unpaired) electrons. The van der Waals surface area contributed by atoms with Gasteiger partial charge >= 0.3 is 0 Å². The third-order valence-corrected chi connectivity index (χ3v) is 4.71. The average molecular weight is 401 g/mol. The fourth-order valence-corrected chi connectivity index (χ4v) is 3.48. The molecule has 3 heterocycles. The highest BCUT2D eigenvalue weighted by Crippen LogP contribution is 2.25. The summed E-state index contributed by atoms with van der Waals surface area (Å²) in [4.78, 5) is 23.3. The second kappa shape index (κ2) is 6.79. The van der Waals surface area contributed by atoms with Crippen molar-refractivity contribution in [3.63, 3.8) is 0 Å². The summed E-state index contributed by atoms with van der Waals surface area (Å²) in [5.41, 5.74) is 1.42. The Hall–Kier alpha value is -2.48. The molecule has 1 aromatic carbocycles. The minimum Gasteiger partial charge on any atom is -0.356 e. The first-order chi connectivity index (χ1) is 12.2. The fraction of sp³-hybridized carbons (Fsp3) is 0.294. The van der Waals surface area contributed by atoms with Gasteiger partial charge in [0, 0.05) is 23.2 Å². The molecule has 7 nitrogen and oxygen atoms in total. The monoisotopic (exact) mass is 400 g/mol. The first kappa shape index (κ1) is 16.0. The van der Waals surface area contributed by atoms with Gasteiger partial charge in [-0.2, -0.15) is 5.10 Å². The molecule has 4 rings (SSSR count). The molecule has 0 unspecified atom stereocenters. The van der Waals surface area contributed by atoms with Crippen molar-refractivity contribution in [2.45, 2.75) is 19.4 Å². The molecule has 1 N–H and O–H groups in total. The van der Waals surface area contributed by atoms with Gasteiger partial charge in [-0.1, -0.05) is 22.0 Å². The Kier molecular flexibility index (Phi) is 4.35. The molecule has 0 aliphatic carbocycles. The molecule has 1 aliphatic rings. The van der Waals surface area contributed by atoms with Gasteiger partial charge in [0.15, 0.2) is 5.65 Å². The van der Waals surface area contributed by atoms with Crippen molar-refractivity contribution in [2.24, 2.45) is 0 Å². The molecule has 0 bridgehead atoms. The van der Waals surface area contributed by atoms with Crippen LogP contribution >= 0.6 is 15.9 Å². The zero-order chi connectivity index (χ0) is 17.2. The molecule has 3 aromatic rings. The van der Waals surface area contributed by atoms with Gasteiger partial charge in [0.25, 0.3) is 0 Å². The molecule has 1 amide bonds. The number of amides is 1. The van der Waals surface area contributed by atoms with Crippen molar-refractivity contribution in [3.05, 3.63) is 41.3 Å². The molecule has 0 saturated carbocycles. The first-order valence-corrected chi connectivity index (χ1v) is 8.97. The number of rotatable bonds is 4. The van der Waals surface area contributed by atoms with Crippen LogP contribution in [0.1, 0.15) is 12.8 Å². The number of anilines is 2. The van der Waals surface area contributed by atoms with Gasteiger partial charge in [0.05, 0.1) is 11.6 Å². The number of aromatic nitrogens is 4. The molecule has 25 heavy (non-hydrogen) atoms. The van der Waals surface area contributed by atoms with E-state index in [0.717, 1.165) is 34.5 Å². The number of carbonyl (C=O) groups is 1. The number of benzene rings is 1. The quantitative estimate of drug-likeness (QED) is 0.728. The van der Waals surface area contributed by atoms with Crippen LogP contribution in [-0.4, -0.2) is 38.7 Å². The van der Waals surface area contributed by atoms with E-state index in [4.69, 9.17) is 0 Å². The molecule has 0 spiro atoms. The Balaban J connectivity index is 1.55. The van der Waals surface area contributed by atoms with Crippen LogP contribution in [0, 0.1) is 0 Å². The number of nitrogens with one attached hydrogen (secondary N) is 1. The Morgan fingerprint density at radius 2 is 2.08 bits per heavy atom. The van der Waals surface area contributed by atoms with E-state index in [1.807, 2.05) is 24.3 Å². The van der Waals surface area contributed by atoms with E-state index in [9.17, 15) is 4.79 Å². The number of fused-ring (bicyclic) bond motifs is 1. The van der Waals surface area contributed by atoms with E-state index in [0.29, 0.717) is 5.65 Å². The van der Waals surface area contributed by atoms with Crippen LogP contribution < -0.4 is 10.2 Å². The maximum atomic E-state index is 12.3. The number of hydrogen-bond donors (Lipinski definition) is 1. The highest BCUT2D eigenvalue weighted by Gasteiger charge is 2.19. The van der Waals surface area contributed by atoms with E-state index in [-0.39, 0.29) is 12.5 Å². The predicted molar refractivity (Wildman–Crippen MR) is 99.5 cm³/mol. The molecular formula is C17H17BrN6O. The Morgan fingerprint density at radius 3 is 2.88 bits per heavy atom. The van der Waals surface area contributed by atoms with Gasteiger partial charge in [0.2, 0.25) is 5.91 Å². The van der Waals surface area contributed by atoms with Crippen LogP contribution in [0.4, 0.5) is 11.5 Å². The summed E-state index contributed by atoms with van der Waals surface area (Å²) in [7, 11) is 0. The number of carbonyl (C=O) groups excluding carboxylic acids is 1. The summed E-state index contributed by atoms with van der Waals surface area (Å²) in [5.74, 6) is 0.755. The van der Waals surface area contributed by atoms with Crippen molar-refractivity contribution in [1.82, 2.24) is 19.7 Å². The van der Waals surface area contributed by atoms with E-state index in [2.05, 4.69) is 41.2 Å². The van der Waals surface area contributed by atoms with E-state index in [1.165, 1.54) is 12.8 Å². The minimum atomic E-state index is -0.149. The molecule has 1 fully saturated rings. The van der Waals surface area contributed by atoms with Gasteiger partial charge in [-0.25, -0.2) is 14.6 Å². The van der Waals surface area contributed by atoms with Gasteiger partial charge in [-0.05, 0) is 31.0 Å². The number of hydrogen-bond acceptors (Lipinski definition) is 5. The largest absolute Gasteiger partial charge is 0.356 e. The lowest BCUT2D eigenvalue weighted by Gasteiger charge is -2.16. The highest BCUT2D eigenvalue weighted by molar-refractivity contribution is 9.10. The maximum absolute atomic E-state index is 12.3. The summed E-state index contributed by atoms with van der Waals surface area (Å²) in [5, 5.41) is 8.10. The van der Waals surface area contributed by atoms with Gasteiger partial charge in [-0.15, -0.1) is 0 Å². The Labute approximate surface area is 153 Å². The van der Waals surface area contributed by atoms with Crippen LogP contribution in [-0.2, 0) is 11.3 Å². The molecule has 1 aliphatic heterocycles. The summed E-state index contributed by atoms with van der Waals surface area (Å²) >= 11 is 3.39. The molecule has 8 heteroatoms. The van der Waals surface area contributed by atoms with E-state index < -0.39 is 0 Å². The van der Waals surface area contributed by atoms with Crippen LogP contribution in [0.3, 0.4) is 0 Å². The summed E-state index contributed by atoms with van der Waals surface area (Å²) in [6.07, 6.45) is 5.64. The van der Waals surface area contributed by atoms with Crippen molar-refractivity contribution in [3.8, 4) is 0 Å². The molecule has 0 atom stereocenters. The van der Waals surface area contributed by atoms with Crippen LogP contribution in [0.25, 0.3) is 11.0 Å². The van der Waals surface area contributed by atoms with Crippen LogP contribution in [0.5, 0.6) is 0 Å². The van der Waals surface area contributed by atoms with Gasteiger partial charge < -0.3 is 10.2 Å².